The lowest BCUT2D eigenvalue weighted by Crippen LogP contribution is -2.47. The van der Waals surface area contributed by atoms with Crippen LogP contribution < -0.4 is 15.5 Å². The summed E-state index contributed by atoms with van der Waals surface area (Å²) in [5.74, 6) is -0.0126. The molecule has 2 amide bonds. The van der Waals surface area contributed by atoms with Crippen LogP contribution in [0, 0.1) is 5.92 Å². The monoisotopic (exact) mass is 399 g/mol. The van der Waals surface area contributed by atoms with E-state index in [4.69, 9.17) is 14.7 Å². The smallest absolute Gasteiger partial charge is 0.274 e. The summed E-state index contributed by atoms with van der Waals surface area (Å²) >= 11 is 0. The molecule has 3 heterocycles. The Bertz CT molecular complexity index is 845. The molecule has 1 aromatic carbocycles. The molecule has 3 aliphatic rings. The van der Waals surface area contributed by atoms with Crippen LogP contribution in [-0.4, -0.2) is 54.3 Å². The van der Waals surface area contributed by atoms with Crippen molar-refractivity contribution >= 4 is 11.8 Å². The molecule has 8 nitrogen and oxygen atoms in total. The Labute approximate surface area is 169 Å². The van der Waals surface area contributed by atoms with Gasteiger partial charge in [0.2, 0.25) is 5.91 Å². The number of fused-ring (bicyclic) bond motifs is 1. The van der Waals surface area contributed by atoms with Crippen LogP contribution >= 0.6 is 0 Å². The normalized spacial score (nSPS) is 21.9. The first-order valence-corrected chi connectivity index (χ1v) is 9.85. The third kappa shape index (κ3) is 4.13. The van der Waals surface area contributed by atoms with E-state index in [0.717, 1.165) is 30.5 Å². The van der Waals surface area contributed by atoms with Gasteiger partial charge in [-0.3, -0.25) is 14.8 Å². The minimum absolute atomic E-state index is 0.0617. The van der Waals surface area contributed by atoms with E-state index >= 15 is 0 Å². The van der Waals surface area contributed by atoms with E-state index in [2.05, 4.69) is 5.32 Å². The van der Waals surface area contributed by atoms with Crippen molar-refractivity contribution in [1.29, 1.82) is 0 Å². The van der Waals surface area contributed by atoms with Gasteiger partial charge in [0.1, 0.15) is 12.4 Å². The molecule has 1 fully saturated rings. The molecule has 1 saturated heterocycles. The van der Waals surface area contributed by atoms with Crippen LogP contribution in [0.3, 0.4) is 0 Å². The fraction of sp³-hybridized carbons (Fsp3) is 0.429. The molecule has 8 heteroatoms. The number of rotatable bonds is 3. The van der Waals surface area contributed by atoms with E-state index in [0.29, 0.717) is 31.1 Å². The maximum Gasteiger partial charge on any atom is 0.274 e. The zero-order valence-electron chi connectivity index (χ0n) is 16.1. The number of nitrogens with zero attached hydrogens (tertiary/aromatic N) is 1. The predicted octanol–water partition coefficient (Wildman–Crippen LogP) is 1.37. The molecule has 0 saturated carbocycles. The van der Waals surface area contributed by atoms with Gasteiger partial charge in [0.05, 0.1) is 12.6 Å². The maximum atomic E-state index is 13.4. The minimum atomic E-state index is -0.602. The number of benzene rings is 1. The van der Waals surface area contributed by atoms with Crippen molar-refractivity contribution in [2.75, 3.05) is 26.4 Å². The van der Waals surface area contributed by atoms with Crippen molar-refractivity contribution in [1.82, 2.24) is 15.7 Å². The number of hydrogen-bond donors (Lipinski definition) is 3. The Morgan fingerprint density at radius 2 is 2.07 bits per heavy atom. The molecule has 0 bridgehead atoms. The van der Waals surface area contributed by atoms with Crippen LogP contribution in [0.1, 0.15) is 28.8 Å². The molecule has 0 radical (unpaired) electrons. The van der Waals surface area contributed by atoms with Gasteiger partial charge in [-0.05, 0) is 30.5 Å². The quantitative estimate of drug-likeness (QED) is 0.524. The Morgan fingerprint density at radius 3 is 2.79 bits per heavy atom. The number of ether oxygens (including phenoxy) is 2. The van der Waals surface area contributed by atoms with Crippen molar-refractivity contribution in [2.45, 2.75) is 25.4 Å². The van der Waals surface area contributed by atoms with E-state index in [1.54, 1.807) is 23.7 Å². The zero-order chi connectivity index (χ0) is 20.2. The Balaban J connectivity index is 1.66. The van der Waals surface area contributed by atoms with Gasteiger partial charge in [-0.1, -0.05) is 18.2 Å². The Kier molecular flexibility index (Phi) is 5.82. The van der Waals surface area contributed by atoms with Crippen LogP contribution in [0.5, 0.6) is 5.75 Å². The fourth-order valence-corrected chi connectivity index (χ4v) is 3.96. The molecule has 29 heavy (non-hydrogen) atoms. The Hall–Kier alpha value is -2.84. The zero-order valence-corrected chi connectivity index (χ0v) is 16.1. The van der Waals surface area contributed by atoms with Crippen LogP contribution in [0.4, 0.5) is 0 Å². The average Bonchev–Trinajstić information content (AvgIpc) is 2.98. The third-order valence-electron chi connectivity index (χ3n) is 5.60. The third-order valence-corrected chi connectivity index (χ3v) is 5.60. The molecule has 0 spiro atoms. The van der Waals surface area contributed by atoms with E-state index in [1.165, 1.54) is 0 Å². The lowest BCUT2D eigenvalue weighted by molar-refractivity contribution is -0.141. The van der Waals surface area contributed by atoms with E-state index in [9.17, 15) is 9.59 Å². The largest absolute Gasteiger partial charge is 0.491 e. The summed E-state index contributed by atoms with van der Waals surface area (Å²) in [6.07, 6.45) is 7.42. The molecule has 1 aromatic rings. The molecular weight excluding hydrogens is 374 g/mol. The van der Waals surface area contributed by atoms with Gasteiger partial charge in [0, 0.05) is 43.0 Å². The highest BCUT2D eigenvalue weighted by Crippen LogP contribution is 2.31. The van der Waals surface area contributed by atoms with Gasteiger partial charge in [0.15, 0.2) is 0 Å². The van der Waals surface area contributed by atoms with Crippen molar-refractivity contribution < 1.29 is 24.3 Å². The number of carbonyl (C=O) groups is 2. The van der Waals surface area contributed by atoms with Crippen LogP contribution in [-0.2, 0) is 16.1 Å². The van der Waals surface area contributed by atoms with E-state index in [-0.39, 0.29) is 24.5 Å². The minimum Gasteiger partial charge on any atom is -0.491 e. The number of dihydropyridines is 1. The van der Waals surface area contributed by atoms with E-state index < -0.39 is 5.91 Å². The SMILES string of the molecule is O=C(NO)c1ccc2c(c1)OC[C@@H](C1=CNCC=C1)N(C(=O)C1CCOCC1)C2. The first kappa shape index (κ1) is 19.5. The molecule has 4 rings (SSSR count). The van der Waals surface area contributed by atoms with Crippen LogP contribution in [0.2, 0.25) is 0 Å². The van der Waals surface area contributed by atoms with Crippen molar-refractivity contribution in [3.8, 4) is 5.75 Å². The Morgan fingerprint density at radius 1 is 1.24 bits per heavy atom. The molecular formula is C21H25N3O5. The van der Waals surface area contributed by atoms with Crippen molar-refractivity contribution in [2.24, 2.45) is 5.92 Å². The number of carbonyl (C=O) groups excluding carboxylic acids is 2. The first-order chi connectivity index (χ1) is 14.2. The van der Waals surface area contributed by atoms with Gasteiger partial charge in [0.25, 0.3) is 5.91 Å². The van der Waals surface area contributed by atoms with Crippen molar-refractivity contribution in [3.05, 3.63) is 53.3 Å². The summed E-state index contributed by atoms with van der Waals surface area (Å²) < 4.78 is 11.5. The lowest BCUT2D eigenvalue weighted by Gasteiger charge is -2.34. The second kappa shape index (κ2) is 8.67. The molecule has 1 atom stereocenters. The van der Waals surface area contributed by atoms with Crippen LogP contribution in [0.25, 0.3) is 0 Å². The van der Waals surface area contributed by atoms with Crippen molar-refractivity contribution in [3.63, 3.8) is 0 Å². The highest BCUT2D eigenvalue weighted by molar-refractivity contribution is 5.93. The van der Waals surface area contributed by atoms with Gasteiger partial charge >= 0.3 is 0 Å². The summed E-state index contributed by atoms with van der Waals surface area (Å²) in [6.45, 7) is 2.63. The fourth-order valence-electron chi connectivity index (χ4n) is 3.96. The topological polar surface area (TPSA) is 100 Å². The summed E-state index contributed by atoms with van der Waals surface area (Å²) in [5, 5.41) is 12.1. The van der Waals surface area contributed by atoms with Crippen LogP contribution in [0.15, 0.2) is 42.1 Å². The molecule has 0 aromatic heterocycles. The number of hydroxylamine groups is 1. The molecule has 3 aliphatic heterocycles. The molecule has 154 valence electrons. The average molecular weight is 399 g/mol. The summed E-state index contributed by atoms with van der Waals surface area (Å²) in [5.41, 5.74) is 3.75. The number of amides is 2. The maximum absolute atomic E-state index is 13.4. The highest BCUT2D eigenvalue weighted by Gasteiger charge is 2.35. The molecule has 0 aliphatic carbocycles. The summed E-state index contributed by atoms with van der Waals surface area (Å²) in [6, 6.07) is 4.75. The van der Waals surface area contributed by atoms with Gasteiger partial charge < -0.3 is 19.7 Å². The van der Waals surface area contributed by atoms with E-state index in [1.807, 2.05) is 23.3 Å². The number of nitrogens with one attached hydrogen (secondary N) is 2. The van der Waals surface area contributed by atoms with Gasteiger partial charge in [-0.25, -0.2) is 5.48 Å². The highest BCUT2D eigenvalue weighted by atomic mass is 16.5. The lowest BCUT2D eigenvalue weighted by atomic mass is 9.95. The summed E-state index contributed by atoms with van der Waals surface area (Å²) in [4.78, 5) is 27.1. The standard InChI is InChI=1S/C21H25N3O5/c25-20(23-27)15-3-4-17-12-24(21(26)14-5-8-28-9-6-14)18(13-29-19(17)10-15)16-2-1-7-22-11-16/h1-4,10-11,14,18,22,27H,5-9,12-13H2,(H,23,25)/t18-/m0/s1. The predicted molar refractivity (Wildman–Crippen MR) is 104 cm³/mol. The first-order valence-electron chi connectivity index (χ1n) is 9.85. The number of hydrogen-bond acceptors (Lipinski definition) is 6. The van der Waals surface area contributed by atoms with Gasteiger partial charge in [-0.15, -0.1) is 0 Å². The second-order valence-electron chi connectivity index (χ2n) is 7.40. The van der Waals surface area contributed by atoms with Gasteiger partial charge in [-0.2, -0.15) is 0 Å². The molecule has 3 N–H and O–H groups in total. The summed E-state index contributed by atoms with van der Waals surface area (Å²) in [7, 11) is 0. The molecule has 0 unspecified atom stereocenters. The second-order valence-corrected chi connectivity index (χ2v) is 7.40.